The molecule has 2 N–H and O–H groups in total. The van der Waals surface area contributed by atoms with E-state index in [0.29, 0.717) is 5.56 Å². The van der Waals surface area contributed by atoms with Crippen LogP contribution in [0.5, 0.6) is 0 Å². The number of nitrogens with two attached hydrogens (primary N) is 1. The lowest BCUT2D eigenvalue weighted by atomic mass is 9.88. The molecule has 2 aromatic rings. The SMILES string of the molecule is CC(=O)C(CC(=O)c1c(N)ccc(Br)c1F)c1cccc(F)c1. The third-order valence-electron chi connectivity index (χ3n) is 3.54. The number of benzene rings is 2. The summed E-state index contributed by atoms with van der Waals surface area (Å²) in [5.74, 6) is -3.04. The Labute approximate surface area is 140 Å². The zero-order valence-electron chi connectivity index (χ0n) is 12.3. The van der Waals surface area contributed by atoms with Crippen LogP contribution in [0.15, 0.2) is 40.9 Å². The predicted molar refractivity (Wildman–Crippen MR) is 87.3 cm³/mol. The maximum absolute atomic E-state index is 14.1. The minimum absolute atomic E-state index is 0.00255. The van der Waals surface area contributed by atoms with Gasteiger partial charge in [0.2, 0.25) is 0 Å². The fourth-order valence-corrected chi connectivity index (χ4v) is 2.69. The molecule has 2 rings (SSSR count). The van der Waals surface area contributed by atoms with Gasteiger partial charge < -0.3 is 5.73 Å². The Bertz CT molecular complexity index is 777. The number of anilines is 1. The Morgan fingerprint density at radius 3 is 2.52 bits per heavy atom. The largest absolute Gasteiger partial charge is 0.398 e. The molecule has 0 fully saturated rings. The summed E-state index contributed by atoms with van der Waals surface area (Å²) in [5.41, 5.74) is 5.79. The van der Waals surface area contributed by atoms with Gasteiger partial charge in [0.05, 0.1) is 10.0 Å². The molecule has 0 saturated carbocycles. The minimum Gasteiger partial charge on any atom is -0.398 e. The Balaban J connectivity index is 2.37. The molecular formula is C17H14BrF2NO2. The van der Waals surface area contributed by atoms with E-state index in [1.54, 1.807) is 6.07 Å². The number of carbonyl (C=O) groups excluding carboxylic acids is 2. The molecule has 23 heavy (non-hydrogen) atoms. The van der Waals surface area contributed by atoms with Gasteiger partial charge in [0.25, 0.3) is 0 Å². The van der Waals surface area contributed by atoms with Gasteiger partial charge in [-0.3, -0.25) is 9.59 Å². The zero-order chi connectivity index (χ0) is 17.1. The highest BCUT2D eigenvalue weighted by Gasteiger charge is 2.25. The molecule has 0 heterocycles. The van der Waals surface area contributed by atoms with E-state index in [2.05, 4.69) is 15.9 Å². The molecule has 0 aliphatic heterocycles. The smallest absolute Gasteiger partial charge is 0.169 e. The van der Waals surface area contributed by atoms with Gasteiger partial charge in [0.1, 0.15) is 17.4 Å². The van der Waals surface area contributed by atoms with Gasteiger partial charge in [-0.05, 0) is 52.7 Å². The van der Waals surface area contributed by atoms with Crippen molar-refractivity contribution in [1.82, 2.24) is 0 Å². The van der Waals surface area contributed by atoms with Crippen LogP contribution >= 0.6 is 15.9 Å². The summed E-state index contributed by atoms with van der Waals surface area (Å²) in [6, 6.07) is 8.26. The molecule has 120 valence electrons. The molecule has 0 aromatic heterocycles. The van der Waals surface area contributed by atoms with Crippen molar-refractivity contribution in [2.45, 2.75) is 19.3 Å². The van der Waals surface area contributed by atoms with Crippen molar-refractivity contribution < 1.29 is 18.4 Å². The van der Waals surface area contributed by atoms with E-state index in [1.807, 2.05) is 0 Å². The highest BCUT2D eigenvalue weighted by Crippen LogP contribution is 2.29. The number of halogens is 3. The molecular weight excluding hydrogens is 368 g/mol. The fourth-order valence-electron chi connectivity index (χ4n) is 2.36. The maximum atomic E-state index is 14.1. The first-order valence-corrected chi connectivity index (χ1v) is 7.63. The number of nitrogen functional groups attached to an aromatic ring is 1. The molecule has 3 nitrogen and oxygen atoms in total. The van der Waals surface area contributed by atoms with E-state index in [1.165, 1.54) is 37.3 Å². The minimum atomic E-state index is -0.851. The van der Waals surface area contributed by atoms with Gasteiger partial charge in [-0.1, -0.05) is 12.1 Å². The van der Waals surface area contributed by atoms with Crippen LogP contribution in [-0.2, 0) is 4.79 Å². The summed E-state index contributed by atoms with van der Waals surface area (Å²) in [5, 5.41) is 0. The summed E-state index contributed by atoms with van der Waals surface area (Å²) in [6.07, 6.45) is -0.281. The summed E-state index contributed by atoms with van der Waals surface area (Å²) in [6.45, 7) is 1.31. The maximum Gasteiger partial charge on any atom is 0.169 e. The lowest BCUT2D eigenvalue weighted by molar-refractivity contribution is -0.118. The Morgan fingerprint density at radius 2 is 1.91 bits per heavy atom. The Kier molecular flexibility index (Phi) is 5.26. The average Bonchev–Trinajstić information content (AvgIpc) is 2.48. The molecule has 0 amide bonds. The molecule has 2 aromatic carbocycles. The van der Waals surface area contributed by atoms with Crippen molar-refractivity contribution in [3.63, 3.8) is 0 Å². The monoisotopic (exact) mass is 381 g/mol. The summed E-state index contributed by atoms with van der Waals surface area (Å²) >= 11 is 3.00. The fraction of sp³-hybridized carbons (Fsp3) is 0.176. The van der Waals surface area contributed by atoms with Crippen molar-refractivity contribution in [3.05, 3.63) is 63.6 Å². The van der Waals surface area contributed by atoms with Crippen molar-refractivity contribution in [1.29, 1.82) is 0 Å². The van der Waals surface area contributed by atoms with Crippen molar-refractivity contribution >= 4 is 33.2 Å². The molecule has 0 aliphatic rings. The zero-order valence-corrected chi connectivity index (χ0v) is 13.9. The van der Waals surface area contributed by atoms with Gasteiger partial charge in [-0.25, -0.2) is 8.78 Å². The van der Waals surface area contributed by atoms with E-state index in [0.717, 1.165) is 0 Å². The quantitative estimate of drug-likeness (QED) is 0.621. The summed E-state index contributed by atoms with van der Waals surface area (Å²) in [7, 11) is 0. The van der Waals surface area contributed by atoms with E-state index >= 15 is 0 Å². The topological polar surface area (TPSA) is 60.2 Å². The molecule has 0 saturated heterocycles. The number of carbonyl (C=O) groups is 2. The Hall–Kier alpha value is -2.08. The van der Waals surface area contributed by atoms with E-state index in [9.17, 15) is 18.4 Å². The van der Waals surface area contributed by atoms with E-state index in [4.69, 9.17) is 5.73 Å². The van der Waals surface area contributed by atoms with Crippen molar-refractivity contribution in [3.8, 4) is 0 Å². The molecule has 0 radical (unpaired) electrons. The standard InChI is InChI=1S/C17H14BrF2NO2/c1-9(22)12(10-3-2-4-11(19)7-10)8-15(23)16-14(21)6-5-13(18)17(16)20/h2-7,12H,8,21H2,1H3. The number of ketones is 2. The van der Waals surface area contributed by atoms with Crippen LogP contribution in [0.1, 0.15) is 35.2 Å². The predicted octanol–water partition coefficient (Wildman–Crippen LogP) is 4.26. The summed E-state index contributed by atoms with van der Waals surface area (Å²) < 4.78 is 27.6. The molecule has 1 atom stereocenters. The molecule has 6 heteroatoms. The normalized spacial score (nSPS) is 12.0. The third-order valence-corrected chi connectivity index (χ3v) is 4.15. The lowest BCUT2D eigenvalue weighted by Gasteiger charge is -2.15. The second-order valence-electron chi connectivity index (χ2n) is 5.17. The van der Waals surface area contributed by atoms with Crippen LogP contribution in [0.25, 0.3) is 0 Å². The molecule has 0 aliphatic carbocycles. The van der Waals surface area contributed by atoms with Gasteiger partial charge in [-0.2, -0.15) is 0 Å². The van der Waals surface area contributed by atoms with Gasteiger partial charge in [-0.15, -0.1) is 0 Å². The lowest BCUT2D eigenvalue weighted by Crippen LogP contribution is -2.17. The second kappa shape index (κ2) is 7.00. The number of rotatable bonds is 5. The highest BCUT2D eigenvalue weighted by atomic mass is 79.9. The average molecular weight is 382 g/mol. The first-order chi connectivity index (χ1) is 10.8. The Morgan fingerprint density at radius 1 is 1.22 bits per heavy atom. The highest BCUT2D eigenvalue weighted by molar-refractivity contribution is 9.10. The van der Waals surface area contributed by atoms with Crippen molar-refractivity contribution in [2.75, 3.05) is 5.73 Å². The van der Waals surface area contributed by atoms with Gasteiger partial charge in [0, 0.05) is 18.0 Å². The number of hydrogen-bond donors (Lipinski definition) is 1. The van der Waals surface area contributed by atoms with Crippen molar-refractivity contribution in [2.24, 2.45) is 0 Å². The molecule has 1 unspecified atom stereocenters. The first-order valence-electron chi connectivity index (χ1n) is 6.84. The number of hydrogen-bond acceptors (Lipinski definition) is 3. The van der Waals surface area contributed by atoms with E-state index < -0.39 is 23.3 Å². The van der Waals surface area contributed by atoms with E-state index in [-0.39, 0.29) is 27.9 Å². The van der Waals surface area contributed by atoms with Crippen LogP contribution in [0.4, 0.5) is 14.5 Å². The van der Waals surface area contributed by atoms with Crippen LogP contribution < -0.4 is 5.73 Å². The number of Topliss-reactive ketones (excluding diaryl/α,β-unsaturated/α-hetero) is 2. The van der Waals surface area contributed by atoms with Crippen LogP contribution in [0.3, 0.4) is 0 Å². The van der Waals surface area contributed by atoms with Crippen LogP contribution in [0.2, 0.25) is 0 Å². The van der Waals surface area contributed by atoms with Gasteiger partial charge >= 0.3 is 0 Å². The van der Waals surface area contributed by atoms with Crippen LogP contribution in [0, 0.1) is 11.6 Å². The summed E-state index contributed by atoms with van der Waals surface area (Å²) in [4.78, 5) is 24.3. The van der Waals surface area contributed by atoms with Crippen LogP contribution in [-0.4, -0.2) is 11.6 Å². The molecule has 0 bridgehead atoms. The first kappa shape index (κ1) is 17.3. The molecule has 0 spiro atoms. The second-order valence-corrected chi connectivity index (χ2v) is 6.03. The third kappa shape index (κ3) is 3.82. The van der Waals surface area contributed by atoms with Gasteiger partial charge in [0.15, 0.2) is 5.78 Å².